The molecule has 2 rings (SSSR count). The predicted octanol–water partition coefficient (Wildman–Crippen LogP) is 2.89. The van der Waals surface area contributed by atoms with Crippen LogP contribution in [0.5, 0.6) is 5.75 Å². The lowest BCUT2D eigenvalue weighted by molar-refractivity contribution is 0.298. The number of nitrogens with one attached hydrogen (secondary N) is 1. The number of ether oxygens (including phenoxy) is 1. The lowest BCUT2D eigenvalue weighted by Gasteiger charge is -2.25. The lowest BCUT2D eigenvalue weighted by atomic mass is 10.1. The minimum atomic E-state index is -3.57. The highest BCUT2D eigenvalue weighted by atomic mass is 32.2. The number of sulfonamides is 1. The van der Waals surface area contributed by atoms with E-state index in [1.807, 2.05) is 69.2 Å². The smallest absolute Gasteiger partial charge is 0.240 e. The van der Waals surface area contributed by atoms with Crippen LogP contribution in [0.3, 0.4) is 0 Å². The van der Waals surface area contributed by atoms with Crippen LogP contribution in [0.25, 0.3) is 0 Å². The average Bonchev–Trinajstić information content (AvgIpc) is 2.54. The summed E-state index contributed by atoms with van der Waals surface area (Å²) in [6.45, 7) is 4.03. The number of benzene rings is 2. The molecule has 0 heterocycles. The standard InChI is InChI=1S/C19H26N2O3S/c1-14-9-10-19(15(2)11-14)25(22,23)20-13-18(21(3)4)16-7-6-8-17(12-16)24-5/h6-12,18,20H,13H2,1-5H3. The second kappa shape index (κ2) is 7.99. The van der Waals surface area contributed by atoms with Gasteiger partial charge in [0.05, 0.1) is 12.0 Å². The molecule has 1 unspecified atom stereocenters. The summed E-state index contributed by atoms with van der Waals surface area (Å²) in [4.78, 5) is 2.31. The highest BCUT2D eigenvalue weighted by molar-refractivity contribution is 7.89. The summed E-state index contributed by atoms with van der Waals surface area (Å²) >= 11 is 0. The fraction of sp³-hybridized carbons (Fsp3) is 0.368. The van der Waals surface area contributed by atoms with E-state index in [0.717, 1.165) is 22.4 Å². The molecular weight excluding hydrogens is 336 g/mol. The molecule has 1 atom stereocenters. The van der Waals surface area contributed by atoms with E-state index in [1.54, 1.807) is 13.2 Å². The van der Waals surface area contributed by atoms with E-state index in [2.05, 4.69) is 4.72 Å². The Hall–Kier alpha value is -1.89. The summed E-state index contributed by atoms with van der Waals surface area (Å²) in [6.07, 6.45) is 0. The summed E-state index contributed by atoms with van der Waals surface area (Å²) in [5.74, 6) is 0.751. The number of nitrogens with zero attached hydrogens (tertiary/aromatic N) is 1. The van der Waals surface area contributed by atoms with Gasteiger partial charge in [-0.15, -0.1) is 0 Å². The summed E-state index contributed by atoms with van der Waals surface area (Å²) in [5, 5.41) is 0. The topological polar surface area (TPSA) is 58.6 Å². The maximum absolute atomic E-state index is 12.7. The molecule has 2 aromatic rings. The number of likely N-dealkylation sites (N-methyl/N-ethyl adjacent to an activating group) is 1. The quantitative estimate of drug-likeness (QED) is 0.823. The van der Waals surface area contributed by atoms with Crippen molar-refractivity contribution in [2.45, 2.75) is 24.8 Å². The van der Waals surface area contributed by atoms with Crippen LogP contribution >= 0.6 is 0 Å². The van der Waals surface area contributed by atoms with Crippen molar-refractivity contribution in [2.75, 3.05) is 27.7 Å². The van der Waals surface area contributed by atoms with E-state index in [9.17, 15) is 8.42 Å². The zero-order chi connectivity index (χ0) is 18.6. The Labute approximate surface area is 150 Å². The molecule has 0 aliphatic rings. The third-order valence-electron chi connectivity index (χ3n) is 4.19. The predicted molar refractivity (Wildman–Crippen MR) is 101 cm³/mol. The van der Waals surface area contributed by atoms with Crippen molar-refractivity contribution in [2.24, 2.45) is 0 Å². The summed E-state index contributed by atoms with van der Waals surface area (Å²) in [6, 6.07) is 12.9. The van der Waals surface area contributed by atoms with Crippen LogP contribution in [-0.4, -0.2) is 41.1 Å². The van der Waals surface area contributed by atoms with Gasteiger partial charge in [-0.05, 0) is 57.3 Å². The van der Waals surface area contributed by atoms with Crippen LogP contribution in [-0.2, 0) is 10.0 Å². The van der Waals surface area contributed by atoms with Gasteiger partial charge in [-0.25, -0.2) is 13.1 Å². The Balaban J connectivity index is 2.23. The van der Waals surface area contributed by atoms with Crippen LogP contribution in [0.2, 0.25) is 0 Å². The van der Waals surface area contributed by atoms with E-state index in [1.165, 1.54) is 0 Å². The molecule has 0 aromatic heterocycles. The Morgan fingerprint density at radius 2 is 1.84 bits per heavy atom. The zero-order valence-corrected chi connectivity index (χ0v) is 16.2. The lowest BCUT2D eigenvalue weighted by Crippen LogP contribution is -2.34. The summed E-state index contributed by atoms with van der Waals surface area (Å²) in [5.41, 5.74) is 2.78. The second-order valence-corrected chi connectivity index (χ2v) is 8.11. The molecule has 25 heavy (non-hydrogen) atoms. The number of methoxy groups -OCH3 is 1. The van der Waals surface area contributed by atoms with Crippen molar-refractivity contribution in [1.82, 2.24) is 9.62 Å². The fourth-order valence-corrected chi connectivity index (χ4v) is 4.08. The first-order valence-electron chi connectivity index (χ1n) is 8.12. The van der Waals surface area contributed by atoms with E-state index >= 15 is 0 Å². The molecule has 2 aromatic carbocycles. The Morgan fingerprint density at radius 3 is 2.44 bits per heavy atom. The van der Waals surface area contributed by atoms with Gasteiger partial charge in [0.2, 0.25) is 10.0 Å². The average molecular weight is 362 g/mol. The molecule has 0 radical (unpaired) electrons. The molecule has 0 saturated heterocycles. The van der Waals surface area contributed by atoms with Crippen LogP contribution in [0.15, 0.2) is 47.4 Å². The van der Waals surface area contributed by atoms with Gasteiger partial charge in [-0.1, -0.05) is 29.8 Å². The minimum Gasteiger partial charge on any atom is -0.497 e. The van der Waals surface area contributed by atoms with Crippen molar-refractivity contribution in [3.63, 3.8) is 0 Å². The Kier molecular flexibility index (Phi) is 6.21. The highest BCUT2D eigenvalue weighted by Crippen LogP contribution is 2.23. The summed E-state index contributed by atoms with van der Waals surface area (Å²) in [7, 11) is 1.90. The molecule has 0 aliphatic carbocycles. The summed E-state index contributed by atoms with van der Waals surface area (Å²) < 4.78 is 33.4. The van der Waals surface area contributed by atoms with Gasteiger partial charge in [0.15, 0.2) is 0 Å². The Bertz CT molecular complexity index is 832. The van der Waals surface area contributed by atoms with Gasteiger partial charge in [-0.2, -0.15) is 0 Å². The third-order valence-corrected chi connectivity index (χ3v) is 5.77. The van der Waals surface area contributed by atoms with Crippen molar-refractivity contribution in [1.29, 1.82) is 0 Å². The monoisotopic (exact) mass is 362 g/mol. The molecule has 6 heteroatoms. The number of hydrogen-bond acceptors (Lipinski definition) is 4. The first-order valence-corrected chi connectivity index (χ1v) is 9.60. The minimum absolute atomic E-state index is 0.101. The first-order chi connectivity index (χ1) is 11.7. The van der Waals surface area contributed by atoms with Crippen molar-refractivity contribution < 1.29 is 13.2 Å². The van der Waals surface area contributed by atoms with E-state index < -0.39 is 10.0 Å². The van der Waals surface area contributed by atoms with Crippen molar-refractivity contribution in [3.8, 4) is 5.75 Å². The molecular formula is C19H26N2O3S. The molecule has 0 spiro atoms. The largest absolute Gasteiger partial charge is 0.497 e. The van der Waals surface area contributed by atoms with Gasteiger partial charge < -0.3 is 9.64 Å². The third kappa shape index (κ3) is 4.81. The van der Waals surface area contributed by atoms with Crippen molar-refractivity contribution >= 4 is 10.0 Å². The van der Waals surface area contributed by atoms with Crippen molar-refractivity contribution in [3.05, 3.63) is 59.2 Å². The van der Waals surface area contributed by atoms with Crippen LogP contribution < -0.4 is 9.46 Å². The van der Waals surface area contributed by atoms with Crippen LogP contribution in [0.4, 0.5) is 0 Å². The molecule has 136 valence electrons. The molecule has 0 saturated carbocycles. The van der Waals surface area contributed by atoms with E-state index in [4.69, 9.17) is 4.74 Å². The van der Waals surface area contributed by atoms with E-state index in [-0.39, 0.29) is 12.6 Å². The molecule has 0 bridgehead atoms. The fourth-order valence-electron chi connectivity index (χ4n) is 2.81. The normalized spacial score (nSPS) is 13.0. The number of hydrogen-bond donors (Lipinski definition) is 1. The molecule has 0 amide bonds. The zero-order valence-electron chi connectivity index (χ0n) is 15.4. The maximum atomic E-state index is 12.7. The molecule has 1 N–H and O–H groups in total. The van der Waals surface area contributed by atoms with Gasteiger partial charge in [-0.3, -0.25) is 0 Å². The number of rotatable bonds is 7. The molecule has 0 fully saturated rings. The van der Waals surface area contributed by atoms with Crippen LogP contribution in [0, 0.1) is 13.8 Å². The van der Waals surface area contributed by atoms with Gasteiger partial charge in [0.25, 0.3) is 0 Å². The second-order valence-electron chi connectivity index (χ2n) is 6.38. The molecule has 5 nitrogen and oxygen atoms in total. The van der Waals surface area contributed by atoms with Gasteiger partial charge in [0.1, 0.15) is 5.75 Å². The maximum Gasteiger partial charge on any atom is 0.240 e. The SMILES string of the molecule is COc1cccc(C(CNS(=O)(=O)c2ccc(C)cc2C)N(C)C)c1. The van der Waals surface area contributed by atoms with E-state index in [0.29, 0.717) is 4.90 Å². The van der Waals surface area contributed by atoms with Gasteiger partial charge >= 0.3 is 0 Å². The van der Waals surface area contributed by atoms with Gasteiger partial charge in [0, 0.05) is 12.6 Å². The first kappa shape index (κ1) is 19.4. The Morgan fingerprint density at radius 1 is 1.12 bits per heavy atom. The number of aryl methyl sites for hydroxylation is 2. The van der Waals surface area contributed by atoms with Crippen LogP contribution in [0.1, 0.15) is 22.7 Å². The highest BCUT2D eigenvalue weighted by Gasteiger charge is 2.21. The molecule has 0 aliphatic heterocycles.